The highest BCUT2D eigenvalue weighted by Crippen LogP contribution is 2.34. The number of nitrogens with zero attached hydrogens (tertiary/aromatic N) is 3. The van der Waals surface area contributed by atoms with Crippen LogP contribution in [0.4, 0.5) is 11.4 Å². The van der Waals surface area contributed by atoms with Gasteiger partial charge in [-0.2, -0.15) is 0 Å². The van der Waals surface area contributed by atoms with Gasteiger partial charge in [-0.3, -0.25) is 19.9 Å². The summed E-state index contributed by atoms with van der Waals surface area (Å²) < 4.78 is 0. The molecule has 1 N–H and O–H groups in total. The molecule has 0 radical (unpaired) electrons. The predicted molar refractivity (Wildman–Crippen MR) is 100 cm³/mol. The highest BCUT2D eigenvalue weighted by atomic mass is 16.6. The second-order valence-corrected chi connectivity index (χ2v) is 6.21. The number of carbonyl (C=O) groups is 1. The summed E-state index contributed by atoms with van der Waals surface area (Å²) in [6.45, 7) is 0.405. The molecule has 2 heterocycles. The molecule has 1 atom stereocenters. The third kappa shape index (κ3) is 3.22. The Kier molecular flexibility index (Phi) is 4.25. The summed E-state index contributed by atoms with van der Waals surface area (Å²) in [5.41, 5.74) is 2.68. The third-order valence-electron chi connectivity index (χ3n) is 4.46. The number of non-ortho nitro benzene ring substituents is 1. The number of nitro benzene ring substituents is 1. The van der Waals surface area contributed by atoms with Crippen molar-refractivity contribution >= 4 is 17.3 Å². The van der Waals surface area contributed by atoms with E-state index in [2.05, 4.69) is 10.3 Å². The fourth-order valence-electron chi connectivity index (χ4n) is 3.19. The van der Waals surface area contributed by atoms with Crippen LogP contribution in [0.5, 0.6) is 0 Å². The van der Waals surface area contributed by atoms with Crippen molar-refractivity contribution in [2.24, 2.45) is 0 Å². The lowest BCUT2D eigenvalue weighted by atomic mass is 10.2. The van der Waals surface area contributed by atoms with Crippen LogP contribution in [0, 0.1) is 10.1 Å². The monoisotopic (exact) mass is 360 g/mol. The molecule has 1 aliphatic rings. The number of fused-ring (bicyclic) bond motifs is 1. The number of carbonyl (C=O) groups excluding carboxylic acids is 1. The van der Waals surface area contributed by atoms with Crippen LogP contribution in [-0.4, -0.2) is 20.7 Å². The van der Waals surface area contributed by atoms with Crippen LogP contribution in [0.15, 0.2) is 72.9 Å². The van der Waals surface area contributed by atoms with Crippen molar-refractivity contribution in [1.82, 2.24) is 9.88 Å². The number of nitro groups is 1. The molecule has 0 aliphatic carbocycles. The average molecular weight is 360 g/mol. The van der Waals surface area contributed by atoms with Crippen molar-refractivity contribution < 1.29 is 9.72 Å². The Balaban J connectivity index is 1.69. The van der Waals surface area contributed by atoms with Crippen molar-refractivity contribution in [3.63, 3.8) is 0 Å². The normalized spacial score (nSPS) is 15.5. The number of aromatic nitrogens is 1. The summed E-state index contributed by atoms with van der Waals surface area (Å²) in [5, 5.41) is 14.3. The molecular formula is C20H16N4O3. The SMILES string of the molecule is O=C1c2cccnc2C(Nc2cccc([N+](=O)[O-])c2)N1Cc1ccccc1. The number of amides is 1. The van der Waals surface area contributed by atoms with E-state index in [1.54, 1.807) is 35.4 Å². The van der Waals surface area contributed by atoms with Gasteiger partial charge in [0, 0.05) is 30.6 Å². The molecule has 0 saturated heterocycles. The van der Waals surface area contributed by atoms with Crippen LogP contribution in [0.25, 0.3) is 0 Å². The Morgan fingerprint density at radius 2 is 1.89 bits per heavy atom. The number of hydrogen-bond acceptors (Lipinski definition) is 5. The lowest BCUT2D eigenvalue weighted by Gasteiger charge is -2.26. The first kappa shape index (κ1) is 16.7. The molecule has 7 nitrogen and oxygen atoms in total. The molecule has 0 fully saturated rings. The molecule has 0 saturated carbocycles. The first-order valence-corrected chi connectivity index (χ1v) is 8.44. The largest absolute Gasteiger partial charge is 0.360 e. The van der Waals surface area contributed by atoms with E-state index in [0.29, 0.717) is 23.5 Å². The molecule has 1 amide bonds. The van der Waals surface area contributed by atoms with Gasteiger partial charge in [0.1, 0.15) is 6.17 Å². The molecule has 134 valence electrons. The van der Waals surface area contributed by atoms with Crippen LogP contribution in [-0.2, 0) is 6.54 Å². The summed E-state index contributed by atoms with van der Waals surface area (Å²) in [6.07, 6.45) is 1.14. The zero-order chi connectivity index (χ0) is 18.8. The van der Waals surface area contributed by atoms with E-state index >= 15 is 0 Å². The molecule has 0 spiro atoms. The number of benzene rings is 2. The maximum atomic E-state index is 12.9. The minimum Gasteiger partial charge on any atom is -0.360 e. The fourth-order valence-corrected chi connectivity index (χ4v) is 3.19. The average Bonchev–Trinajstić information content (AvgIpc) is 2.95. The van der Waals surface area contributed by atoms with Crippen molar-refractivity contribution in [2.75, 3.05) is 5.32 Å². The Hall–Kier alpha value is -3.74. The second-order valence-electron chi connectivity index (χ2n) is 6.21. The van der Waals surface area contributed by atoms with Crippen LogP contribution in [0.2, 0.25) is 0 Å². The van der Waals surface area contributed by atoms with Crippen molar-refractivity contribution in [1.29, 1.82) is 0 Å². The van der Waals surface area contributed by atoms with Gasteiger partial charge < -0.3 is 10.2 Å². The Labute approximate surface area is 155 Å². The van der Waals surface area contributed by atoms with E-state index in [9.17, 15) is 14.9 Å². The zero-order valence-corrected chi connectivity index (χ0v) is 14.3. The number of pyridine rings is 1. The molecule has 1 unspecified atom stereocenters. The van der Waals surface area contributed by atoms with E-state index in [1.807, 2.05) is 30.3 Å². The van der Waals surface area contributed by atoms with E-state index in [-0.39, 0.29) is 11.6 Å². The molecule has 2 aromatic carbocycles. The highest BCUT2D eigenvalue weighted by molar-refractivity contribution is 5.98. The summed E-state index contributed by atoms with van der Waals surface area (Å²) in [5.74, 6) is -0.120. The van der Waals surface area contributed by atoms with E-state index in [1.165, 1.54) is 12.1 Å². The predicted octanol–water partition coefficient (Wildman–Crippen LogP) is 3.76. The maximum Gasteiger partial charge on any atom is 0.271 e. The molecule has 4 rings (SSSR count). The second kappa shape index (κ2) is 6.87. The van der Waals surface area contributed by atoms with Gasteiger partial charge in [-0.1, -0.05) is 36.4 Å². The lowest BCUT2D eigenvalue weighted by molar-refractivity contribution is -0.384. The molecule has 0 bridgehead atoms. The van der Waals surface area contributed by atoms with Gasteiger partial charge in [-0.05, 0) is 23.8 Å². The van der Waals surface area contributed by atoms with E-state index < -0.39 is 11.1 Å². The standard InChI is InChI=1S/C20H16N4O3/c25-20-17-10-5-11-21-18(17)19(23(20)13-14-6-2-1-3-7-14)22-15-8-4-9-16(12-15)24(26)27/h1-12,19,22H,13H2. The van der Waals surface area contributed by atoms with E-state index in [0.717, 1.165) is 5.56 Å². The summed E-state index contributed by atoms with van der Waals surface area (Å²) >= 11 is 0. The van der Waals surface area contributed by atoms with Crippen molar-refractivity contribution in [2.45, 2.75) is 12.7 Å². The van der Waals surface area contributed by atoms with Gasteiger partial charge in [-0.25, -0.2) is 0 Å². The van der Waals surface area contributed by atoms with Crippen LogP contribution in [0.1, 0.15) is 27.8 Å². The van der Waals surface area contributed by atoms with Crippen molar-refractivity contribution in [3.8, 4) is 0 Å². The Morgan fingerprint density at radius 3 is 2.67 bits per heavy atom. The summed E-state index contributed by atoms with van der Waals surface area (Å²) in [4.78, 5) is 29.6. The molecule has 1 aromatic heterocycles. The minimum atomic E-state index is -0.504. The van der Waals surface area contributed by atoms with Gasteiger partial charge >= 0.3 is 0 Å². The molecular weight excluding hydrogens is 344 g/mol. The zero-order valence-electron chi connectivity index (χ0n) is 14.3. The van der Waals surface area contributed by atoms with Crippen LogP contribution in [0.3, 0.4) is 0 Å². The summed E-state index contributed by atoms with van der Waals surface area (Å²) in [6, 6.07) is 19.4. The van der Waals surface area contributed by atoms with Crippen molar-refractivity contribution in [3.05, 3.63) is 99.9 Å². The van der Waals surface area contributed by atoms with Gasteiger partial charge in [-0.15, -0.1) is 0 Å². The highest BCUT2D eigenvalue weighted by Gasteiger charge is 2.37. The quantitative estimate of drug-likeness (QED) is 0.553. The first-order valence-electron chi connectivity index (χ1n) is 8.44. The molecule has 1 aliphatic heterocycles. The van der Waals surface area contributed by atoms with Gasteiger partial charge in [0.2, 0.25) is 0 Å². The topological polar surface area (TPSA) is 88.4 Å². The molecule has 7 heteroatoms. The summed E-state index contributed by atoms with van der Waals surface area (Å²) in [7, 11) is 0. The first-order chi connectivity index (χ1) is 13.1. The third-order valence-corrected chi connectivity index (χ3v) is 4.46. The number of anilines is 1. The Morgan fingerprint density at radius 1 is 1.07 bits per heavy atom. The fraction of sp³-hybridized carbons (Fsp3) is 0.100. The number of hydrogen-bond donors (Lipinski definition) is 1. The van der Waals surface area contributed by atoms with Gasteiger partial charge in [0.25, 0.3) is 11.6 Å². The van der Waals surface area contributed by atoms with Gasteiger partial charge in [0.05, 0.1) is 16.2 Å². The van der Waals surface area contributed by atoms with E-state index in [4.69, 9.17) is 0 Å². The smallest absolute Gasteiger partial charge is 0.271 e. The van der Waals surface area contributed by atoms with Gasteiger partial charge in [0.15, 0.2) is 0 Å². The van der Waals surface area contributed by atoms with Crippen LogP contribution >= 0.6 is 0 Å². The lowest BCUT2D eigenvalue weighted by Crippen LogP contribution is -2.32. The molecule has 27 heavy (non-hydrogen) atoms. The van der Waals surface area contributed by atoms with Crippen LogP contribution < -0.4 is 5.32 Å². The molecule has 3 aromatic rings. The minimum absolute atomic E-state index is 0.0137. The maximum absolute atomic E-state index is 12.9. The number of rotatable bonds is 5. The Bertz CT molecular complexity index is 1010. The number of nitrogens with one attached hydrogen (secondary N) is 1.